The molecular formula is C11H12N2O6S. The van der Waals surface area contributed by atoms with Crippen molar-refractivity contribution in [1.82, 2.24) is 4.31 Å². The predicted molar refractivity (Wildman–Crippen MR) is 70.1 cm³/mol. The van der Waals surface area contributed by atoms with E-state index in [1.807, 2.05) is 0 Å². The Morgan fingerprint density at radius 1 is 1.55 bits per heavy atom. The summed E-state index contributed by atoms with van der Waals surface area (Å²) in [5.74, 6) is -1.56. The third-order valence-corrected chi connectivity index (χ3v) is 4.36. The number of carboxylic acids is 1. The number of hydrogen-bond acceptors (Lipinski definition) is 5. The van der Waals surface area contributed by atoms with Crippen molar-refractivity contribution >= 4 is 21.7 Å². The number of sulfonamides is 1. The van der Waals surface area contributed by atoms with Gasteiger partial charge in [0.1, 0.15) is 0 Å². The zero-order valence-corrected chi connectivity index (χ0v) is 11.3. The van der Waals surface area contributed by atoms with Gasteiger partial charge in [0.25, 0.3) is 5.69 Å². The second-order valence-corrected chi connectivity index (χ2v) is 5.83. The normalized spacial score (nSPS) is 11.3. The molecule has 1 aromatic carbocycles. The lowest BCUT2D eigenvalue weighted by Crippen LogP contribution is -2.28. The second kappa shape index (κ2) is 5.80. The smallest absolute Gasteiger partial charge is 0.337 e. The number of likely N-dealkylation sites (N-methyl/N-ethyl adjacent to an activating group) is 1. The molecular weight excluding hydrogens is 288 g/mol. The minimum atomic E-state index is -4.06. The Hall–Kier alpha value is -2.26. The fourth-order valence-corrected chi connectivity index (χ4v) is 2.77. The molecule has 0 radical (unpaired) electrons. The highest BCUT2D eigenvalue weighted by molar-refractivity contribution is 7.89. The number of nitro benzene ring substituents is 1. The molecule has 0 heterocycles. The molecule has 0 unspecified atom stereocenters. The first kappa shape index (κ1) is 15.8. The fraction of sp³-hybridized carbons (Fsp3) is 0.182. The zero-order chi connectivity index (χ0) is 15.5. The molecule has 0 spiro atoms. The molecule has 1 rings (SSSR count). The van der Waals surface area contributed by atoms with Crippen LogP contribution in [0.15, 0.2) is 35.7 Å². The van der Waals surface area contributed by atoms with Gasteiger partial charge in [-0.15, -0.1) is 6.58 Å². The number of carbonyl (C=O) groups is 1. The van der Waals surface area contributed by atoms with Gasteiger partial charge < -0.3 is 5.11 Å². The van der Waals surface area contributed by atoms with Gasteiger partial charge in [0.2, 0.25) is 10.0 Å². The average Bonchev–Trinajstić information content (AvgIpc) is 2.38. The standard InChI is InChI=1S/C11H12N2O6S/c1-3-6-12(2)20(18,19)10-5-4-8(13(16)17)7-9(10)11(14)15/h3-5,7H,1,6H2,2H3,(H,14,15). The number of carboxylic acid groups (broad SMARTS) is 1. The lowest BCUT2D eigenvalue weighted by molar-refractivity contribution is -0.384. The van der Waals surface area contributed by atoms with Crippen LogP contribution in [0, 0.1) is 10.1 Å². The highest BCUT2D eigenvalue weighted by Gasteiger charge is 2.27. The average molecular weight is 300 g/mol. The Morgan fingerprint density at radius 3 is 2.60 bits per heavy atom. The number of benzene rings is 1. The van der Waals surface area contributed by atoms with E-state index in [0.717, 1.165) is 22.5 Å². The molecule has 8 nitrogen and oxygen atoms in total. The van der Waals surface area contributed by atoms with Crippen LogP contribution in [-0.2, 0) is 10.0 Å². The first-order chi connectivity index (χ1) is 9.21. The summed E-state index contributed by atoms with van der Waals surface area (Å²) in [4.78, 5) is 20.4. The number of nitrogens with zero attached hydrogens (tertiary/aromatic N) is 2. The second-order valence-electron chi connectivity index (χ2n) is 3.82. The van der Waals surface area contributed by atoms with Crippen LogP contribution in [0.2, 0.25) is 0 Å². The van der Waals surface area contributed by atoms with E-state index in [-0.39, 0.29) is 6.54 Å². The fourth-order valence-electron chi connectivity index (χ4n) is 1.47. The van der Waals surface area contributed by atoms with E-state index in [9.17, 15) is 23.3 Å². The van der Waals surface area contributed by atoms with E-state index in [1.165, 1.54) is 13.1 Å². The highest BCUT2D eigenvalue weighted by Crippen LogP contribution is 2.24. The van der Waals surface area contributed by atoms with Crippen molar-refractivity contribution in [3.8, 4) is 0 Å². The molecule has 1 N–H and O–H groups in total. The van der Waals surface area contributed by atoms with Crippen molar-refractivity contribution in [3.05, 3.63) is 46.5 Å². The molecule has 0 atom stereocenters. The van der Waals surface area contributed by atoms with Crippen molar-refractivity contribution in [2.75, 3.05) is 13.6 Å². The van der Waals surface area contributed by atoms with Crippen molar-refractivity contribution in [3.63, 3.8) is 0 Å². The molecule has 9 heteroatoms. The summed E-state index contributed by atoms with van der Waals surface area (Å²) in [6, 6.07) is 2.58. The van der Waals surface area contributed by atoms with Gasteiger partial charge in [-0.05, 0) is 6.07 Å². The summed E-state index contributed by atoms with van der Waals surface area (Å²) in [5.41, 5.74) is -1.14. The first-order valence-electron chi connectivity index (χ1n) is 5.30. The van der Waals surface area contributed by atoms with Gasteiger partial charge in [-0.3, -0.25) is 10.1 Å². The molecule has 0 aliphatic rings. The van der Waals surface area contributed by atoms with Crippen LogP contribution >= 0.6 is 0 Å². The highest BCUT2D eigenvalue weighted by atomic mass is 32.2. The molecule has 0 aromatic heterocycles. The molecule has 0 aliphatic heterocycles. The monoisotopic (exact) mass is 300 g/mol. The topological polar surface area (TPSA) is 118 Å². The van der Waals surface area contributed by atoms with E-state index in [0.29, 0.717) is 0 Å². The minimum Gasteiger partial charge on any atom is -0.478 e. The molecule has 0 saturated carbocycles. The van der Waals surface area contributed by atoms with Crippen LogP contribution < -0.4 is 0 Å². The van der Waals surface area contributed by atoms with Gasteiger partial charge >= 0.3 is 5.97 Å². The Bertz CT molecular complexity index is 667. The summed E-state index contributed by atoms with van der Waals surface area (Å²) >= 11 is 0. The molecule has 0 amide bonds. The predicted octanol–water partition coefficient (Wildman–Crippen LogP) is 1.10. The third kappa shape index (κ3) is 3.00. The van der Waals surface area contributed by atoms with Gasteiger partial charge in [0, 0.05) is 25.7 Å². The molecule has 20 heavy (non-hydrogen) atoms. The van der Waals surface area contributed by atoms with Crippen LogP contribution in [0.25, 0.3) is 0 Å². The first-order valence-corrected chi connectivity index (χ1v) is 6.74. The van der Waals surface area contributed by atoms with Crippen molar-refractivity contribution < 1.29 is 23.2 Å². The number of nitro groups is 1. The molecule has 1 aromatic rings. The van der Waals surface area contributed by atoms with E-state index in [1.54, 1.807) is 0 Å². The largest absolute Gasteiger partial charge is 0.478 e. The Kier molecular flexibility index (Phi) is 4.58. The lowest BCUT2D eigenvalue weighted by Gasteiger charge is -2.16. The molecule has 0 saturated heterocycles. The Morgan fingerprint density at radius 2 is 2.15 bits per heavy atom. The maximum Gasteiger partial charge on any atom is 0.337 e. The number of hydrogen-bond donors (Lipinski definition) is 1. The van der Waals surface area contributed by atoms with E-state index in [4.69, 9.17) is 5.11 Å². The van der Waals surface area contributed by atoms with Crippen molar-refractivity contribution in [2.45, 2.75) is 4.90 Å². The number of non-ortho nitro benzene ring substituents is 1. The zero-order valence-electron chi connectivity index (χ0n) is 10.5. The number of aromatic carboxylic acids is 1. The van der Waals surface area contributed by atoms with Gasteiger partial charge in [-0.2, -0.15) is 4.31 Å². The third-order valence-electron chi connectivity index (χ3n) is 2.48. The van der Waals surface area contributed by atoms with E-state index >= 15 is 0 Å². The number of rotatable bonds is 6. The van der Waals surface area contributed by atoms with Crippen LogP contribution in [0.5, 0.6) is 0 Å². The summed E-state index contributed by atoms with van der Waals surface area (Å²) in [6.07, 6.45) is 1.34. The van der Waals surface area contributed by atoms with Crippen LogP contribution in [0.4, 0.5) is 5.69 Å². The quantitative estimate of drug-likeness (QED) is 0.477. The van der Waals surface area contributed by atoms with Crippen LogP contribution in [-0.4, -0.2) is 42.3 Å². The Balaban J connectivity index is 3.49. The molecule has 0 fully saturated rings. The van der Waals surface area contributed by atoms with Crippen LogP contribution in [0.1, 0.15) is 10.4 Å². The summed E-state index contributed by atoms with van der Waals surface area (Å²) < 4.78 is 25.2. The van der Waals surface area contributed by atoms with Gasteiger partial charge in [0.05, 0.1) is 15.4 Å². The van der Waals surface area contributed by atoms with Crippen LogP contribution in [0.3, 0.4) is 0 Å². The minimum absolute atomic E-state index is 0.0155. The maximum atomic E-state index is 12.2. The van der Waals surface area contributed by atoms with E-state index in [2.05, 4.69) is 6.58 Å². The molecule has 0 aliphatic carbocycles. The van der Waals surface area contributed by atoms with Gasteiger partial charge in [-0.1, -0.05) is 6.08 Å². The molecule has 0 bridgehead atoms. The Labute approximate surface area is 115 Å². The maximum absolute atomic E-state index is 12.2. The van der Waals surface area contributed by atoms with Gasteiger partial charge in [0.15, 0.2) is 0 Å². The summed E-state index contributed by atoms with van der Waals surface area (Å²) in [6.45, 7) is 3.38. The lowest BCUT2D eigenvalue weighted by atomic mass is 10.2. The molecule has 108 valence electrons. The summed E-state index contributed by atoms with van der Waals surface area (Å²) in [7, 11) is -2.81. The summed E-state index contributed by atoms with van der Waals surface area (Å²) in [5, 5.41) is 19.6. The van der Waals surface area contributed by atoms with Crippen molar-refractivity contribution in [2.24, 2.45) is 0 Å². The van der Waals surface area contributed by atoms with E-state index < -0.39 is 37.1 Å². The SMILES string of the molecule is C=CCN(C)S(=O)(=O)c1ccc([N+](=O)[O-])cc1C(=O)O. The van der Waals surface area contributed by atoms with Gasteiger partial charge in [-0.25, -0.2) is 13.2 Å². The van der Waals surface area contributed by atoms with Crippen molar-refractivity contribution in [1.29, 1.82) is 0 Å².